The van der Waals surface area contributed by atoms with Crippen LogP contribution in [-0.2, 0) is 16.3 Å². The predicted molar refractivity (Wildman–Crippen MR) is 36.5 cm³/mol. The first-order chi connectivity index (χ1) is 4.42. The molecule has 2 N–H and O–H groups in total. The van der Waals surface area contributed by atoms with E-state index in [0.717, 1.165) is 0 Å². The second-order valence-electron chi connectivity index (χ2n) is 1.38. The van der Waals surface area contributed by atoms with Crippen molar-refractivity contribution in [3.63, 3.8) is 0 Å². The first kappa shape index (κ1) is 9.93. The molecule has 0 aliphatic rings. The molecule has 0 saturated heterocycles. The third-order valence-electron chi connectivity index (χ3n) is 0.533. The molecule has 0 aromatic heterocycles. The lowest BCUT2D eigenvalue weighted by atomic mass is 10.7. The lowest BCUT2D eigenvalue weighted by Gasteiger charge is -2.04. The number of nitrogens with zero attached hydrogens (tertiary/aromatic N) is 1. The van der Waals surface area contributed by atoms with Crippen LogP contribution in [0.4, 0.5) is 0 Å². The van der Waals surface area contributed by atoms with Crippen molar-refractivity contribution in [1.29, 1.82) is 0 Å². The fourth-order valence-electron chi connectivity index (χ4n) is 0.234. The Hall–Kier alpha value is -0.0700. The van der Waals surface area contributed by atoms with Gasteiger partial charge in [-0.05, 0) is 11.8 Å². The quantitative estimate of drug-likeness (QED) is 0.349. The SMILES string of the molecule is O=[N+]([O-])CCOP(O)(O)=S. The highest BCUT2D eigenvalue weighted by Crippen LogP contribution is 2.35. The zero-order chi connectivity index (χ0) is 8.20. The molecule has 10 heavy (non-hydrogen) atoms. The zero-order valence-corrected chi connectivity index (χ0v) is 6.55. The van der Waals surface area contributed by atoms with E-state index >= 15 is 0 Å². The molecule has 0 aromatic rings. The second-order valence-corrected chi connectivity index (χ2v) is 4.05. The summed E-state index contributed by atoms with van der Waals surface area (Å²) in [7, 11) is 0. The van der Waals surface area contributed by atoms with Gasteiger partial charge >= 0.3 is 6.72 Å². The van der Waals surface area contributed by atoms with Gasteiger partial charge in [-0.25, -0.2) is 0 Å². The highest BCUT2D eigenvalue weighted by Gasteiger charge is 2.08. The van der Waals surface area contributed by atoms with Gasteiger partial charge in [-0.2, -0.15) is 0 Å². The number of hydrogen-bond donors (Lipinski definition) is 2. The van der Waals surface area contributed by atoms with E-state index < -0.39 is 18.2 Å². The lowest BCUT2D eigenvalue weighted by Crippen LogP contribution is -2.07. The summed E-state index contributed by atoms with van der Waals surface area (Å²) in [6.07, 6.45) is 0. The Balaban J connectivity index is 3.39. The van der Waals surface area contributed by atoms with E-state index in [0.29, 0.717) is 0 Å². The Morgan fingerprint density at radius 2 is 2.20 bits per heavy atom. The van der Waals surface area contributed by atoms with Gasteiger partial charge in [0.2, 0.25) is 6.54 Å². The number of hydrogen-bond acceptors (Lipinski definition) is 4. The molecule has 0 aromatic carbocycles. The number of rotatable bonds is 4. The van der Waals surface area contributed by atoms with E-state index in [2.05, 4.69) is 16.3 Å². The first-order valence-corrected chi connectivity index (χ1v) is 4.86. The fourth-order valence-corrected chi connectivity index (χ4v) is 0.777. The first-order valence-electron chi connectivity index (χ1n) is 2.24. The van der Waals surface area contributed by atoms with Crippen molar-refractivity contribution in [2.75, 3.05) is 13.2 Å². The smallest absolute Gasteiger partial charge is 0.322 e. The Bertz CT molecular complexity index is 165. The normalized spacial score (nSPS) is 11.4. The zero-order valence-electron chi connectivity index (χ0n) is 4.84. The maximum absolute atomic E-state index is 9.63. The molecule has 0 unspecified atom stereocenters. The summed E-state index contributed by atoms with van der Waals surface area (Å²) in [5, 5.41) is 9.63. The van der Waals surface area contributed by atoms with Crippen molar-refractivity contribution in [3.8, 4) is 0 Å². The topological polar surface area (TPSA) is 92.8 Å². The summed E-state index contributed by atoms with van der Waals surface area (Å²) in [6.45, 7) is -4.53. The maximum Gasteiger partial charge on any atom is 0.322 e. The molecule has 0 radical (unpaired) electrons. The van der Waals surface area contributed by atoms with E-state index in [1.165, 1.54) is 0 Å². The number of nitro groups is 1. The molecule has 0 fully saturated rings. The summed E-state index contributed by atoms with van der Waals surface area (Å²) >= 11 is 4.01. The third kappa shape index (κ3) is 7.93. The molecule has 0 bridgehead atoms. The highest BCUT2D eigenvalue weighted by atomic mass is 32.5. The van der Waals surface area contributed by atoms with Crippen LogP contribution in [0.25, 0.3) is 0 Å². The molecule has 8 heteroatoms. The van der Waals surface area contributed by atoms with Gasteiger partial charge in [0.1, 0.15) is 6.61 Å². The summed E-state index contributed by atoms with van der Waals surface area (Å²) in [5.41, 5.74) is 0. The molecule has 0 aliphatic carbocycles. The minimum Gasteiger partial charge on any atom is -0.325 e. The van der Waals surface area contributed by atoms with Crippen molar-refractivity contribution in [1.82, 2.24) is 0 Å². The van der Waals surface area contributed by atoms with Gasteiger partial charge in [-0.15, -0.1) is 0 Å². The van der Waals surface area contributed by atoms with Gasteiger partial charge in [0, 0.05) is 4.92 Å². The van der Waals surface area contributed by atoms with Crippen molar-refractivity contribution < 1.29 is 19.2 Å². The third-order valence-corrected chi connectivity index (χ3v) is 1.37. The van der Waals surface area contributed by atoms with Gasteiger partial charge in [0.25, 0.3) is 0 Å². The maximum atomic E-state index is 9.63. The van der Waals surface area contributed by atoms with Gasteiger partial charge in [0.05, 0.1) is 0 Å². The van der Waals surface area contributed by atoms with E-state index in [1.54, 1.807) is 0 Å². The van der Waals surface area contributed by atoms with Crippen molar-refractivity contribution in [2.45, 2.75) is 0 Å². The monoisotopic (exact) mass is 187 g/mol. The van der Waals surface area contributed by atoms with Crippen molar-refractivity contribution in [2.24, 2.45) is 0 Å². The van der Waals surface area contributed by atoms with Gasteiger partial charge in [0.15, 0.2) is 0 Å². The molecule has 60 valence electrons. The van der Waals surface area contributed by atoms with Crippen LogP contribution in [-0.4, -0.2) is 27.9 Å². The average Bonchev–Trinajstić information content (AvgIpc) is 1.59. The summed E-state index contributed by atoms with van der Waals surface area (Å²) in [5.74, 6) is 0. The standard InChI is InChI=1S/C2H6NO5PS/c4-3(5)1-2-8-9(6,7)10/h1-2H2,(H2,6,7,10). The van der Waals surface area contributed by atoms with Crippen LogP contribution in [0, 0.1) is 10.1 Å². The Morgan fingerprint density at radius 1 is 1.70 bits per heavy atom. The molecule has 0 aliphatic heterocycles. The molecule has 6 nitrogen and oxygen atoms in total. The van der Waals surface area contributed by atoms with E-state index in [1.807, 2.05) is 0 Å². The largest absolute Gasteiger partial charge is 0.325 e. The molecule has 0 rings (SSSR count). The minimum absolute atomic E-state index is 0.364. The van der Waals surface area contributed by atoms with Crippen molar-refractivity contribution >= 4 is 18.5 Å². The summed E-state index contributed by atoms with van der Waals surface area (Å²) in [6, 6.07) is 0. The average molecular weight is 187 g/mol. The van der Waals surface area contributed by atoms with Crippen LogP contribution in [0.2, 0.25) is 0 Å². The van der Waals surface area contributed by atoms with E-state index in [4.69, 9.17) is 9.79 Å². The molecule has 0 spiro atoms. The van der Waals surface area contributed by atoms with Gasteiger partial charge in [-0.3, -0.25) is 10.1 Å². The van der Waals surface area contributed by atoms with Crippen LogP contribution in [0.5, 0.6) is 0 Å². The van der Waals surface area contributed by atoms with Crippen LogP contribution >= 0.6 is 6.72 Å². The minimum atomic E-state index is -3.69. The van der Waals surface area contributed by atoms with E-state index in [-0.39, 0.29) is 6.61 Å². The highest BCUT2D eigenvalue weighted by molar-refractivity contribution is 8.06. The lowest BCUT2D eigenvalue weighted by molar-refractivity contribution is -0.481. The molecule has 0 amide bonds. The van der Waals surface area contributed by atoms with Crippen LogP contribution < -0.4 is 0 Å². The van der Waals surface area contributed by atoms with Crippen LogP contribution in [0.1, 0.15) is 0 Å². The van der Waals surface area contributed by atoms with Gasteiger partial charge < -0.3 is 14.3 Å². The molecule has 0 atom stereocenters. The summed E-state index contributed by atoms with van der Waals surface area (Å²) < 4.78 is 4.14. The predicted octanol–water partition coefficient (Wildman–Crippen LogP) is -0.511. The van der Waals surface area contributed by atoms with Crippen molar-refractivity contribution in [3.05, 3.63) is 10.1 Å². The second kappa shape index (κ2) is 3.95. The fraction of sp³-hybridized carbons (Fsp3) is 1.00. The molecular formula is C2H6NO5PS. The van der Waals surface area contributed by atoms with Gasteiger partial charge in [-0.1, -0.05) is 0 Å². The molecule has 0 saturated carbocycles. The Labute approximate surface area is 61.8 Å². The molecule has 0 heterocycles. The van der Waals surface area contributed by atoms with Crippen LogP contribution in [0.3, 0.4) is 0 Å². The van der Waals surface area contributed by atoms with Crippen LogP contribution in [0.15, 0.2) is 0 Å². The molecular weight excluding hydrogens is 181 g/mol. The van der Waals surface area contributed by atoms with E-state index in [9.17, 15) is 10.1 Å². The Kier molecular flexibility index (Phi) is 3.92. The Morgan fingerprint density at radius 3 is 2.50 bits per heavy atom. The summed E-state index contributed by atoms with van der Waals surface area (Å²) in [4.78, 5) is 25.7.